The normalized spacial score (nSPS) is 29.0. The van der Waals surface area contributed by atoms with E-state index in [1.807, 2.05) is 0 Å². The van der Waals surface area contributed by atoms with Crippen molar-refractivity contribution in [2.45, 2.75) is 70.8 Å². The van der Waals surface area contributed by atoms with Crippen molar-refractivity contribution in [1.82, 2.24) is 10.2 Å². The highest BCUT2D eigenvalue weighted by Crippen LogP contribution is 2.22. The van der Waals surface area contributed by atoms with E-state index in [-0.39, 0.29) is 0 Å². The summed E-state index contributed by atoms with van der Waals surface area (Å²) in [4.78, 5) is 14.1. The van der Waals surface area contributed by atoms with E-state index in [1.165, 1.54) is 51.4 Å². The quantitative estimate of drug-likeness (QED) is 0.794. The van der Waals surface area contributed by atoms with Gasteiger partial charge in [-0.15, -0.1) is 0 Å². The molecule has 2 atom stereocenters. The Morgan fingerprint density at radius 3 is 2.63 bits per heavy atom. The highest BCUT2D eigenvalue weighted by Gasteiger charge is 2.18. The van der Waals surface area contributed by atoms with Crippen LogP contribution < -0.4 is 5.32 Å². The van der Waals surface area contributed by atoms with Gasteiger partial charge in [0.25, 0.3) is 0 Å². The summed E-state index contributed by atoms with van der Waals surface area (Å²) in [5.41, 5.74) is 0. The lowest BCUT2D eigenvalue weighted by molar-refractivity contribution is -0.132. The first-order valence-corrected chi connectivity index (χ1v) is 8.27. The van der Waals surface area contributed by atoms with Crippen molar-refractivity contribution < 1.29 is 4.79 Å². The van der Waals surface area contributed by atoms with Gasteiger partial charge >= 0.3 is 0 Å². The summed E-state index contributed by atoms with van der Waals surface area (Å²) < 4.78 is 0. The minimum atomic E-state index is 0.356. The molecule has 0 aromatic rings. The average molecular weight is 266 g/mol. The Balaban J connectivity index is 1.61. The van der Waals surface area contributed by atoms with Crippen LogP contribution in [0.1, 0.15) is 64.7 Å². The predicted octanol–water partition coefficient (Wildman–Crippen LogP) is 2.95. The summed E-state index contributed by atoms with van der Waals surface area (Å²) in [6, 6.07) is 0.652. The standard InChI is InChI=1S/C16H30N2O/c1-14-6-5-7-15(9-8-14)17-11-10-16(19)18-12-3-2-4-13-18/h14-15,17H,2-13H2,1H3. The minimum absolute atomic E-state index is 0.356. The zero-order valence-corrected chi connectivity index (χ0v) is 12.5. The van der Waals surface area contributed by atoms with Crippen molar-refractivity contribution in [3.63, 3.8) is 0 Å². The maximum Gasteiger partial charge on any atom is 0.223 e. The topological polar surface area (TPSA) is 32.3 Å². The van der Waals surface area contributed by atoms with Crippen molar-refractivity contribution in [3.05, 3.63) is 0 Å². The number of piperidine rings is 1. The number of hydrogen-bond acceptors (Lipinski definition) is 2. The molecule has 1 heterocycles. The van der Waals surface area contributed by atoms with Gasteiger partial charge in [0.1, 0.15) is 0 Å². The summed E-state index contributed by atoms with van der Waals surface area (Å²) in [5.74, 6) is 1.25. The SMILES string of the molecule is CC1CCCC(NCCC(=O)N2CCCCC2)CC1. The lowest BCUT2D eigenvalue weighted by Gasteiger charge is -2.27. The van der Waals surface area contributed by atoms with Crippen LogP contribution in [0.25, 0.3) is 0 Å². The van der Waals surface area contributed by atoms with Crippen molar-refractivity contribution in [3.8, 4) is 0 Å². The van der Waals surface area contributed by atoms with E-state index in [9.17, 15) is 4.79 Å². The fraction of sp³-hybridized carbons (Fsp3) is 0.938. The maximum atomic E-state index is 12.0. The first kappa shape index (κ1) is 14.8. The van der Waals surface area contributed by atoms with E-state index in [2.05, 4.69) is 17.1 Å². The zero-order valence-electron chi connectivity index (χ0n) is 12.5. The number of rotatable bonds is 4. The minimum Gasteiger partial charge on any atom is -0.343 e. The highest BCUT2D eigenvalue weighted by molar-refractivity contribution is 5.76. The van der Waals surface area contributed by atoms with Crippen molar-refractivity contribution in [2.75, 3.05) is 19.6 Å². The molecule has 0 aromatic heterocycles. The second-order valence-corrected chi connectivity index (χ2v) is 6.46. The van der Waals surface area contributed by atoms with Crippen LogP contribution >= 0.6 is 0 Å². The first-order valence-electron chi connectivity index (χ1n) is 8.27. The van der Waals surface area contributed by atoms with Crippen LogP contribution in [-0.4, -0.2) is 36.5 Å². The molecule has 1 aliphatic carbocycles. The second kappa shape index (κ2) is 7.88. The Kier molecular flexibility index (Phi) is 6.15. The molecule has 3 heteroatoms. The third-order valence-corrected chi connectivity index (χ3v) is 4.74. The van der Waals surface area contributed by atoms with E-state index in [1.54, 1.807) is 0 Å². The fourth-order valence-electron chi connectivity index (χ4n) is 3.38. The van der Waals surface area contributed by atoms with Gasteiger partial charge in [-0.25, -0.2) is 0 Å². The van der Waals surface area contributed by atoms with E-state index in [0.29, 0.717) is 18.4 Å². The molecule has 19 heavy (non-hydrogen) atoms. The molecule has 0 bridgehead atoms. The van der Waals surface area contributed by atoms with E-state index >= 15 is 0 Å². The summed E-state index contributed by atoms with van der Waals surface area (Å²) in [7, 11) is 0. The lowest BCUT2D eigenvalue weighted by Crippen LogP contribution is -2.38. The summed E-state index contributed by atoms with van der Waals surface area (Å²) in [6.45, 7) is 5.20. The molecule has 2 aliphatic rings. The Hall–Kier alpha value is -0.570. The molecule has 0 aromatic carbocycles. The van der Waals surface area contributed by atoms with Crippen molar-refractivity contribution >= 4 is 5.91 Å². The van der Waals surface area contributed by atoms with Gasteiger partial charge in [-0.2, -0.15) is 0 Å². The molecule has 1 N–H and O–H groups in total. The number of likely N-dealkylation sites (tertiary alicyclic amines) is 1. The van der Waals surface area contributed by atoms with Crippen LogP contribution in [0, 0.1) is 5.92 Å². The largest absolute Gasteiger partial charge is 0.343 e. The number of hydrogen-bond donors (Lipinski definition) is 1. The Bertz CT molecular complexity index is 274. The van der Waals surface area contributed by atoms with Gasteiger partial charge in [0.15, 0.2) is 0 Å². The lowest BCUT2D eigenvalue weighted by atomic mass is 10.0. The molecule has 1 saturated heterocycles. The first-order chi connectivity index (χ1) is 9.25. The highest BCUT2D eigenvalue weighted by atomic mass is 16.2. The summed E-state index contributed by atoms with van der Waals surface area (Å²) in [5, 5.41) is 3.60. The molecule has 3 nitrogen and oxygen atoms in total. The van der Waals surface area contributed by atoms with Crippen molar-refractivity contribution in [1.29, 1.82) is 0 Å². The van der Waals surface area contributed by atoms with Crippen LogP contribution in [0.5, 0.6) is 0 Å². The third-order valence-electron chi connectivity index (χ3n) is 4.74. The molecule has 1 amide bonds. The van der Waals surface area contributed by atoms with Crippen LogP contribution in [0.4, 0.5) is 0 Å². The number of nitrogens with zero attached hydrogens (tertiary/aromatic N) is 1. The predicted molar refractivity (Wildman–Crippen MR) is 79.1 cm³/mol. The summed E-state index contributed by atoms with van der Waals surface area (Å²) >= 11 is 0. The average Bonchev–Trinajstić information content (AvgIpc) is 2.65. The van der Waals surface area contributed by atoms with Gasteiger partial charge < -0.3 is 10.2 Å². The molecule has 0 radical (unpaired) electrons. The maximum absolute atomic E-state index is 12.0. The van der Waals surface area contributed by atoms with Crippen LogP contribution in [0.2, 0.25) is 0 Å². The number of amides is 1. The van der Waals surface area contributed by atoms with Gasteiger partial charge in [-0.3, -0.25) is 4.79 Å². The van der Waals surface area contributed by atoms with E-state index in [4.69, 9.17) is 0 Å². The van der Waals surface area contributed by atoms with Gasteiger partial charge in [0.2, 0.25) is 5.91 Å². The van der Waals surface area contributed by atoms with Crippen LogP contribution in [0.3, 0.4) is 0 Å². The van der Waals surface area contributed by atoms with Gasteiger partial charge in [0, 0.05) is 32.1 Å². The number of carbonyl (C=O) groups excluding carboxylic acids is 1. The molecular weight excluding hydrogens is 236 g/mol. The molecular formula is C16H30N2O. The smallest absolute Gasteiger partial charge is 0.223 e. The van der Waals surface area contributed by atoms with Crippen LogP contribution in [0.15, 0.2) is 0 Å². The molecule has 0 spiro atoms. The van der Waals surface area contributed by atoms with E-state index < -0.39 is 0 Å². The number of carbonyl (C=O) groups is 1. The fourth-order valence-corrected chi connectivity index (χ4v) is 3.38. The molecule has 110 valence electrons. The molecule has 2 fully saturated rings. The van der Waals surface area contributed by atoms with E-state index in [0.717, 1.165) is 25.6 Å². The third kappa shape index (κ3) is 5.13. The Morgan fingerprint density at radius 1 is 1.05 bits per heavy atom. The van der Waals surface area contributed by atoms with Crippen molar-refractivity contribution in [2.24, 2.45) is 5.92 Å². The second-order valence-electron chi connectivity index (χ2n) is 6.46. The Labute approximate surface area is 118 Å². The van der Waals surface area contributed by atoms with Crippen LogP contribution in [-0.2, 0) is 4.79 Å². The van der Waals surface area contributed by atoms with Gasteiger partial charge in [-0.05, 0) is 44.4 Å². The molecule has 2 unspecified atom stereocenters. The number of nitrogens with one attached hydrogen (secondary N) is 1. The van der Waals surface area contributed by atoms with Gasteiger partial charge in [0.05, 0.1) is 0 Å². The zero-order chi connectivity index (χ0) is 13.5. The molecule has 1 saturated carbocycles. The monoisotopic (exact) mass is 266 g/mol. The van der Waals surface area contributed by atoms with Gasteiger partial charge in [-0.1, -0.05) is 19.8 Å². The Morgan fingerprint density at radius 2 is 1.84 bits per heavy atom. The summed E-state index contributed by atoms with van der Waals surface area (Å²) in [6.07, 6.45) is 11.0. The molecule has 2 rings (SSSR count). The molecule has 1 aliphatic heterocycles.